The molecule has 0 atom stereocenters. The van der Waals surface area contributed by atoms with Gasteiger partial charge in [0.05, 0.1) is 0 Å². The smallest absolute Gasteiger partial charge is 0.266 e. The van der Waals surface area contributed by atoms with Gasteiger partial charge in [0.15, 0.2) is 0 Å². The molecule has 1 N–H and O–H groups in total. The predicted molar refractivity (Wildman–Crippen MR) is 51.9 cm³/mol. The summed E-state index contributed by atoms with van der Waals surface area (Å²) in [6.07, 6.45) is 0. The van der Waals surface area contributed by atoms with Crippen LogP contribution in [0.1, 0.15) is 11.1 Å². The van der Waals surface area contributed by atoms with Gasteiger partial charge in [0.1, 0.15) is 16.5 Å². The minimum Gasteiger partial charge on any atom is -0.312 e. The third-order valence-corrected chi connectivity index (χ3v) is 2.93. The van der Waals surface area contributed by atoms with Crippen molar-refractivity contribution < 1.29 is 0 Å². The standard InChI is InChI=1S/C9H6N2OS/c1-5-4-13-9-7(5)2-6(3-10)8(12)11-9/h2,4H,1H3,(H,11,12). The Morgan fingerprint density at radius 1 is 1.62 bits per heavy atom. The number of aryl methyl sites for hydroxylation is 1. The highest BCUT2D eigenvalue weighted by Crippen LogP contribution is 2.22. The van der Waals surface area contributed by atoms with Crippen molar-refractivity contribution in [3.8, 4) is 6.07 Å². The summed E-state index contributed by atoms with van der Waals surface area (Å²) in [6, 6.07) is 3.50. The number of nitrogens with one attached hydrogen (secondary N) is 1. The number of hydrogen-bond acceptors (Lipinski definition) is 3. The van der Waals surface area contributed by atoms with E-state index in [2.05, 4.69) is 4.98 Å². The van der Waals surface area contributed by atoms with Crippen molar-refractivity contribution in [3.05, 3.63) is 32.9 Å². The van der Waals surface area contributed by atoms with Gasteiger partial charge in [0.2, 0.25) is 0 Å². The van der Waals surface area contributed by atoms with Gasteiger partial charge in [-0.2, -0.15) is 5.26 Å². The fourth-order valence-corrected chi connectivity index (χ4v) is 2.11. The van der Waals surface area contributed by atoms with E-state index >= 15 is 0 Å². The summed E-state index contributed by atoms with van der Waals surface area (Å²) in [5.41, 5.74) is 0.957. The van der Waals surface area contributed by atoms with Gasteiger partial charge in [0, 0.05) is 5.39 Å². The summed E-state index contributed by atoms with van der Waals surface area (Å²) in [7, 11) is 0. The third kappa shape index (κ3) is 1.14. The average molecular weight is 190 g/mol. The second-order valence-electron chi connectivity index (χ2n) is 2.79. The van der Waals surface area contributed by atoms with Gasteiger partial charge >= 0.3 is 0 Å². The first-order valence-corrected chi connectivity index (χ1v) is 4.61. The minimum absolute atomic E-state index is 0.175. The molecular weight excluding hydrogens is 184 g/mol. The molecule has 64 valence electrons. The van der Waals surface area contributed by atoms with Crippen LogP contribution in [0.5, 0.6) is 0 Å². The van der Waals surface area contributed by atoms with E-state index < -0.39 is 0 Å². The van der Waals surface area contributed by atoms with Crippen LogP contribution < -0.4 is 5.56 Å². The molecule has 0 saturated carbocycles. The molecule has 0 saturated heterocycles. The number of nitriles is 1. The fraction of sp³-hybridized carbons (Fsp3) is 0.111. The molecule has 0 aliphatic rings. The van der Waals surface area contributed by atoms with Crippen molar-refractivity contribution in [3.63, 3.8) is 0 Å². The zero-order valence-electron chi connectivity index (χ0n) is 6.92. The van der Waals surface area contributed by atoms with Crippen LogP contribution in [0.2, 0.25) is 0 Å². The van der Waals surface area contributed by atoms with Crippen LogP contribution in [0.15, 0.2) is 16.2 Å². The number of thiophene rings is 1. The number of nitrogens with zero attached hydrogens (tertiary/aromatic N) is 1. The first-order valence-electron chi connectivity index (χ1n) is 3.73. The van der Waals surface area contributed by atoms with Crippen molar-refractivity contribution >= 4 is 21.6 Å². The topological polar surface area (TPSA) is 56.6 Å². The average Bonchev–Trinajstić information content (AvgIpc) is 2.46. The number of hydrogen-bond donors (Lipinski definition) is 1. The van der Waals surface area contributed by atoms with Crippen molar-refractivity contribution in [1.29, 1.82) is 5.26 Å². The van der Waals surface area contributed by atoms with Crippen molar-refractivity contribution in [1.82, 2.24) is 4.98 Å². The van der Waals surface area contributed by atoms with Gasteiger partial charge in [-0.15, -0.1) is 11.3 Å². The Kier molecular flexibility index (Phi) is 1.67. The summed E-state index contributed by atoms with van der Waals surface area (Å²) in [5, 5.41) is 11.6. The number of rotatable bonds is 0. The van der Waals surface area contributed by atoms with E-state index in [-0.39, 0.29) is 11.1 Å². The van der Waals surface area contributed by atoms with Gasteiger partial charge < -0.3 is 4.98 Å². The lowest BCUT2D eigenvalue weighted by atomic mass is 10.2. The molecule has 0 fully saturated rings. The van der Waals surface area contributed by atoms with Gasteiger partial charge in [-0.25, -0.2) is 0 Å². The maximum atomic E-state index is 11.2. The highest BCUT2D eigenvalue weighted by atomic mass is 32.1. The van der Waals surface area contributed by atoms with Crippen LogP contribution in [-0.2, 0) is 0 Å². The van der Waals surface area contributed by atoms with Crippen molar-refractivity contribution in [2.24, 2.45) is 0 Å². The number of fused-ring (bicyclic) bond motifs is 1. The summed E-state index contributed by atoms with van der Waals surface area (Å²) >= 11 is 1.48. The van der Waals surface area contributed by atoms with Gasteiger partial charge in [-0.3, -0.25) is 4.79 Å². The van der Waals surface area contributed by atoms with E-state index in [0.29, 0.717) is 0 Å². The lowest BCUT2D eigenvalue weighted by Gasteiger charge is -1.91. The number of pyridine rings is 1. The fourth-order valence-electron chi connectivity index (χ4n) is 1.19. The highest BCUT2D eigenvalue weighted by molar-refractivity contribution is 7.16. The zero-order valence-corrected chi connectivity index (χ0v) is 7.73. The van der Waals surface area contributed by atoms with Crippen LogP contribution in [0.4, 0.5) is 0 Å². The molecular formula is C9H6N2OS. The van der Waals surface area contributed by atoms with Crippen molar-refractivity contribution in [2.75, 3.05) is 0 Å². The largest absolute Gasteiger partial charge is 0.312 e. The first-order chi connectivity index (χ1) is 6.22. The summed E-state index contributed by atoms with van der Waals surface area (Å²) in [6.45, 7) is 1.96. The molecule has 0 spiro atoms. The van der Waals surface area contributed by atoms with Crippen LogP contribution in [0.25, 0.3) is 10.2 Å². The van der Waals surface area contributed by atoms with Crippen LogP contribution in [-0.4, -0.2) is 4.98 Å². The Morgan fingerprint density at radius 2 is 2.38 bits per heavy atom. The molecule has 2 rings (SSSR count). The molecule has 0 unspecified atom stereocenters. The molecule has 0 aromatic carbocycles. The highest BCUT2D eigenvalue weighted by Gasteiger charge is 2.04. The Hall–Kier alpha value is -1.60. The summed E-state index contributed by atoms with van der Waals surface area (Å²) in [4.78, 5) is 14.7. The Balaban J connectivity index is 2.95. The van der Waals surface area contributed by atoms with E-state index in [0.717, 1.165) is 15.8 Å². The SMILES string of the molecule is Cc1csc2[nH]c(=O)c(C#N)cc12. The van der Waals surface area contributed by atoms with Crippen molar-refractivity contribution in [2.45, 2.75) is 6.92 Å². The normalized spacial score (nSPS) is 10.2. The maximum absolute atomic E-state index is 11.2. The Bertz CT molecular complexity index is 559. The number of aromatic amines is 1. The van der Waals surface area contributed by atoms with Crippen LogP contribution >= 0.6 is 11.3 Å². The van der Waals surface area contributed by atoms with E-state index in [1.807, 2.05) is 18.4 Å². The summed E-state index contributed by atoms with van der Waals surface area (Å²) in [5.74, 6) is 0. The first kappa shape index (κ1) is 8.02. The lowest BCUT2D eigenvalue weighted by molar-refractivity contribution is 1.29. The third-order valence-electron chi connectivity index (χ3n) is 1.90. The number of H-pyrrole nitrogens is 1. The van der Waals surface area contributed by atoms with Crippen LogP contribution in [0, 0.1) is 18.3 Å². The molecule has 0 radical (unpaired) electrons. The predicted octanol–water partition coefficient (Wildman–Crippen LogP) is 1.77. The Morgan fingerprint density at radius 3 is 3.08 bits per heavy atom. The van der Waals surface area contributed by atoms with Gasteiger partial charge in [-0.05, 0) is 23.9 Å². The molecule has 2 aromatic rings. The molecule has 13 heavy (non-hydrogen) atoms. The second-order valence-corrected chi connectivity index (χ2v) is 3.67. The Labute approximate surface area is 78.3 Å². The molecule has 2 aromatic heterocycles. The summed E-state index contributed by atoms with van der Waals surface area (Å²) < 4.78 is 0. The van der Waals surface area contributed by atoms with E-state index in [1.54, 1.807) is 6.07 Å². The lowest BCUT2D eigenvalue weighted by Crippen LogP contribution is -2.08. The molecule has 4 heteroatoms. The molecule has 0 bridgehead atoms. The molecule has 0 aliphatic carbocycles. The quantitative estimate of drug-likeness (QED) is 0.688. The van der Waals surface area contributed by atoms with E-state index in [1.165, 1.54) is 11.3 Å². The zero-order chi connectivity index (χ0) is 9.42. The molecule has 2 heterocycles. The minimum atomic E-state index is -0.308. The molecule has 3 nitrogen and oxygen atoms in total. The number of aromatic nitrogens is 1. The molecule has 0 aliphatic heterocycles. The van der Waals surface area contributed by atoms with Gasteiger partial charge in [0.25, 0.3) is 5.56 Å². The second kappa shape index (κ2) is 2.71. The van der Waals surface area contributed by atoms with E-state index in [9.17, 15) is 4.79 Å². The maximum Gasteiger partial charge on any atom is 0.266 e. The van der Waals surface area contributed by atoms with Crippen LogP contribution in [0.3, 0.4) is 0 Å². The molecule has 0 amide bonds. The van der Waals surface area contributed by atoms with E-state index in [4.69, 9.17) is 5.26 Å². The van der Waals surface area contributed by atoms with Gasteiger partial charge in [-0.1, -0.05) is 0 Å². The monoisotopic (exact) mass is 190 g/mol.